The number of carbonyl (C=O) groups is 1. The zero-order valence-corrected chi connectivity index (χ0v) is 11.2. The molecule has 0 spiro atoms. The summed E-state index contributed by atoms with van der Waals surface area (Å²) < 4.78 is 0. The second-order valence-corrected chi connectivity index (χ2v) is 5.24. The average Bonchev–Trinajstić information content (AvgIpc) is 2.76. The first-order chi connectivity index (χ1) is 8.65. The summed E-state index contributed by atoms with van der Waals surface area (Å²) in [5, 5.41) is 9.63. The van der Waals surface area contributed by atoms with E-state index in [-0.39, 0.29) is 5.91 Å². The minimum absolute atomic E-state index is 0.0931. The number of carbonyl (C=O) groups excluding carboxylic acids is 1. The van der Waals surface area contributed by atoms with Crippen LogP contribution in [0.5, 0.6) is 0 Å². The summed E-state index contributed by atoms with van der Waals surface area (Å²) in [6, 6.07) is 1.76. The molecule has 1 aromatic rings. The molecular formula is C13H22N4O. The molecule has 0 saturated carbocycles. The Balaban J connectivity index is 1.70. The number of nitrogens with zero attached hydrogens (tertiary/aromatic N) is 2. The number of aromatic amines is 1. The molecule has 18 heavy (non-hydrogen) atoms. The van der Waals surface area contributed by atoms with Gasteiger partial charge < -0.3 is 10.2 Å². The summed E-state index contributed by atoms with van der Waals surface area (Å²) in [7, 11) is 0. The lowest BCUT2D eigenvalue weighted by Crippen LogP contribution is -2.40. The summed E-state index contributed by atoms with van der Waals surface area (Å²) >= 11 is 0. The van der Waals surface area contributed by atoms with Crippen molar-refractivity contribution in [3.63, 3.8) is 0 Å². The first-order valence-electron chi connectivity index (χ1n) is 6.67. The number of likely N-dealkylation sites (tertiary alicyclic amines) is 1. The van der Waals surface area contributed by atoms with Crippen molar-refractivity contribution >= 4 is 5.91 Å². The Morgan fingerprint density at radius 3 is 3.17 bits per heavy atom. The molecule has 2 N–H and O–H groups in total. The van der Waals surface area contributed by atoms with Gasteiger partial charge in [-0.25, -0.2) is 0 Å². The molecule has 5 heteroatoms. The molecule has 0 aromatic carbocycles. The van der Waals surface area contributed by atoms with E-state index in [2.05, 4.69) is 27.3 Å². The lowest BCUT2D eigenvalue weighted by molar-refractivity contribution is 0.0939. The van der Waals surface area contributed by atoms with Crippen LogP contribution in [-0.2, 0) is 0 Å². The van der Waals surface area contributed by atoms with E-state index in [0.717, 1.165) is 31.2 Å². The molecule has 1 fully saturated rings. The second kappa shape index (κ2) is 6.00. The van der Waals surface area contributed by atoms with Crippen LogP contribution < -0.4 is 5.32 Å². The van der Waals surface area contributed by atoms with Crippen LogP contribution in [0.15, 0.2) is 6.07 Å². The maximum absolute atomic E-state index is 11.8. The highest BCUT2D eigenvalue weighted by atomic mass is 16.1. The second-order valence-electron chi connectivity index (χ2n) is 5.24. The number of nitrogens with one attached hydrogen (secondary N) is 2. The Kier molecular flexibility index (Phi) is 4.36. The van der Waals surface area contributed by atoms with Crippen molar-refractivity contribution in [1.29, 1.82) is 0 Å². The van der Waals surface area contributed by atoms with Crippen molar-refractivity contribution in [2.45, 2.75) is 26.7 Å². The number of aromatic nitrogens is 2. The summed E-state index contributed by atoms with van der Waals surface area (Å²) in [4.78, 5) is 14.2. The predicted octanol–water partition coefficient (Wildman–Crippen LogP) is 1.18. The van der Waals surface area contributed by atoms with Gasteiger partial charge in [0.2, 0.25) is 0 Å². The van der Waals surface area contributed by atoms with E-state index in [1.54, 1.807) is 6.07 Å². The average molecular weight is 250 g/mol. The smallest absolute Gasteiger partial charge is 0.271 e. The Morgan fingerprint density at radius 2 is 2.50 bits per heavy atom. The lowest BCUT2D eigenvalue weighted by Gasteiger charge is -2.30. The molecule has 0 bridgehead atoms. The zero-order chi connectivity index (χ0) is 13.0. The van der Waals surface area contributed by atoms with E-state index >= 15 is 0 Å². The molecule has 1 aromatic heterocycles. The summed E-state index contributed by atoms with van der Waals surface area (Å²) in [5.74, 6) is 0.688. The summed E-state index contributed by atoms with van der Waals surface area (Å²) in [6.45, 7) is 8.10. The van der Waals surface area contributed by atoms with E-state index in [1.807, 2.05) is 6.92 Å². The van der Waals surface area contributed by atoms with Gasteiger partial charge in [0.05, 0.1) is 0 Å². The molecule has 2 rings (SSSR count). The Hall–Kier alpha value is -1.36. The molecular weight excluding hydrogens is 228 g/mol. The number of hydrogen-bond donors (Lipinski definition) is 2. The van der Waals surface area contributed by atoms with Crippen LogP contribution in [0.25, 0.3) is 0 Å². The summed E-state index contributed by atoms with van der Waals surface area (Å²) in [5.41, 5.74) is 1.38. The highest BCUT2D eigenvalue weighted by Crippen LogP contribution is 2.14. The van der Waals surface area contributed by atoms with E-state index in [1.165, 1.54) is 12.8 Å². The highest BCUT2D eigenvalue weighted by molar-refractivity contribution is 5.92. The Labute approximate surface area is 108 Å². The van der Waals surface area contributed by atoms with Gasteiger partial charge in [0.25, 0.3) is 5.91 Å². The van der Waals surface area contributed by atoms with Gasteiger partial charge in [-0.05, 0) is 38.3 Å². The molecule has 1 amide bonds. The minimum Gasteiger partial charge on any atom is -0.349 e. The maximum Gasteiger partial charge on any atom is 0.271 e. The number of piperidine rings is 1. The SMILES string of the molecule is Cc1cc(C(=O)NCCN2CCC[C@@H](C)C2)n[nH]1. The van der Waals surface area contributed by atoms with Gasteiger partial charge in [0.1, 0.15) is 5.69 Å². The topological polar surface area (TPSA) is 61.0 Å². The molecule has 0 radical (unpaired) electrons. The number of amides is 1. The largest absolute Gasteiger partial charge is 0.349 e. The first kappa shape index (κ1) is 13.1. The number of rotatable bonds is 4. The third kappa shape index (κ3) is 3.57. The molecule has 1 saturated heterocycles. The van der Waals surface area contributed by atoms with Crippen molar-refractivity contribution in [3.8, 4) is 0 Å². The van der Waals surface area contributed by atoms with Gasteiger partial charge in [0, 0.05) is 25.3 Å². The van der Waals surface area contributed by atoms with E-state index in [9.17, 15) is 4.79 Å². The highest BCUT2D eigenvalue weighted by Gasteiger charge is 2.16. The molecule has 5 nitrogen and oxygen atoms in total. The van der Waals surface area contributed by atoms with Crippen LogP contribution in [-0.4, -0.2) is 47.2 Å². The van der Waals surface area contributed by atoms with Crippen molar-refractivity contribution in [1.82, 2.24) is 20.4 Å². The monoisotopic (exact) mass is 250 g/mol. The third-order valence-corrected chi connectivity index (χ3v) is 3.39. The van der Waals surface area contributed by atoms with Crippen molar-refractivity contribution < 1.29 is 4.79 Å². The molecule has 0 unspecified atom stereocenters. The fourth-order valence-corrected chi connectivity index (χ4v) is 2.44. The van der Waals surface area contributed by atoms with Gasteiger partial charge in [0.15, 0.2) is 0 Å². The number of aryl methyl sites for hydroxylation is 1. The predicted molar refractivity (Wildman–Crippen MR) is 70.5 cm³/mol. The van der Waals surface area contributed by atoms with Crippen molar-refractivity contribution in [2.75, 3.05) is 26.2 Å². The summed E-state index contributed by atoms with van der Waals surface area (Å²) in [6.07, 6.45) is 2.60. The quantitative estimate of drug-likeness (QED) is 0.843. The standard InChI is InChI=1S/C13H22N4O/c1-10-4-3-6-17(9-10)7-5-14-13(18)12-8-11(2)15-16-12/h8,10H,3-7,9H2,1-2H3,(H,14,18)(H,15,16)/t10-/m1/s1. The van der Waals surface area contributed by atoms with Crippen LogP contribution in [0.3, 0.4) is 0 Å². The third-order valence-electron chi connectivity index (χ3n) is 3.39. The Bertz CT molecular complexity index is 401. The van der Waals surface area contributed by atoms with Crippen LogP contribution >= 0.6 is 0 Å². The van der Waals surface area contributed by atoms with Gasteiger partial charge in [-0.2, -0.15) is 5.10 Å². The van der Waals surface area contributed by atoms with Crippen LogP contribution in [0.2, 0.25) is 0 Å². The number of hydrogen-bond acceptors (Lipinski definition) is 3. The number of H-pyrrole nitrogens is 1. The van der Waals surface area contributed by atoms with Crippen LogP contribution in [0.4, 0.5) is 0 Å². The van der Waals surface area contributed by atoms with E-state index < -0.39 is 0 Å². The van der Waals surface area contributed by atoms with Gasteiger partial charge in [-0.1, -0.05) is 6.92 Å². The fraction of sp³-hybridized carbons (Fsp3) is 0.692. The van der Waals surface area contributed by atoms with Crippen molar-refractivity contribution in [2.24, 2.45) is 5.92 Å². The van der Waals surface area contributed by atoms with E-state index in [0.29, 0.717) is 12.2 Å². The normalized spacial score (nSPS) is 20.9. The Morgan fingerprint density at radius 1 is 1.67 bits per heavy atom. The van der Waals surface area contributed by atoms with Gasteiger partial charge >= 0.3 is 0 Å². The maximum atomic E-state index is 11.8. The van der Waals surface area contributed by atoms with Gasteiger partial charge in [-0.3, -0.25) is 9.89 Å². The van der Waals surface area contributed by atoms with Crippen LogP contribution in [0, 0.1) is 12.8 Å². The van der Waals surface area contributed by atoms with Gasteiger partial charge in [-0.15, -0.1) is 0 Å². The van der Waals surface area contributed by atoms with Crippen LogP contribution in [0.1, 0.15) is 35.9 Å². The zero-order valence-electron chi connectivity index (χ0n) is 11.2. The fourth-order valence-electron chi connectivity index (χ4n) is 2.44. The molecule has 1 aliphatic rings. The van der Waals surface area contributed by atoms with Crippen molar-refractivity contribution in [3.05, 3.63) is 17.5 Å². The minimum atomic E-state index is -0.0931. The molecule has 0 aliphatic carbocycles. The molecule has 2 heterocycles. The molecule has 1 aliphatic heterocycles. The molecule has 100 valence electrons. The lowest BCUT2D eigenvalue weighted by atomic mass is 10.0. The molecule has 1 atom stereocenters. The van der Waals surface area contributed by atoms with E-state index in [4.69, 9.17) is 0 Å². The first-order valence-corrected chi connectivity index (χ1v) is 6.67.